The van der Waals surface area contributed by atoms with Gasteiger partial charge in [0.15, 0.2) is 0 Å². The summed E-state index contributed by atoms with van der Waals surface area (Å²) in [6, 6.07) is 54.1. The van der Waals surface area contributed by atoms with Crippen LogP contribution >= 0.6 is 0 Å². The fourth-order valence-corrected chi connectivity index (χ4v) is 9.27. The van der Waals surface area contributed by atoms with Crippen molar-refractivity contribution in [3.05, 3.63) is 216 Å². The standard InChI is InChI=1S/C51H34N4/c52-31-32-19-25-47-43(28-32)44-29-36(24-26-48(44)55(47)37-12-2-1-3-13-37)33-20-22-35(23-21-33)51-45-30-42(40-17-8-10-34-11-9-27-53-50(34)40)38-14-4-5-15-39(38)49(45)41-16-6-7-18-46(41)54-51/h1-30,39,49,51,54H. The molecule has 11 rings (SSSR count). The van der Waals surface area contributed by atoms with Crippen molar-refractivity contribution in [3.63, 3.8) is 0 Å². The van der Waals surface area contributed by atoms with Crippen LogP contribution in [0.5, 0.6) is 0 Å². The zero-order valence-corrected chi connectivity index (χ0v) is 29.9. The van der Waals surface area contributed by atoms with Gasteiger partial charge in [0.1, 0.15) is 0 Å². The van der Waals surface area contributed by atoms with E-state index in [1.165, 1.54) is 39.1 Å². The van der Waals surface area contributed by atoms with Gasteiger partial charge in [-0.1, -0.05) is 121 Å². The molecule has 55 heavy (non-hydrogen) atoms. The molecule has 6 aromatic carbocycles. The van der Waals surface area contributed by atoms with Crippen LogP contribution in [0.4, 0.5) is 5.69 Å². The van der Waals surface area contributed by atoms with E-state index in [0.29, 0.717) is 5.56 Å². The molecule has 0 bridgehead atoms. The summed E-state index contributed by atoms with van der Waals surface area (Å²) in [5.74, 6) is 0.405. The number of hydrogen-bond acceptors (Lipinski definition) is 3. The largest absolute Gasteiger partial charge is 0.374 e. The van der Waals surface area contributed by atoms with Crippen molar-refractivity contribution < 1.29 is 0 Å². The summed E-state index contributed by atoms with van der Waals surface area (Å²) in [7, 11) is 0. The van der Waals surface area contributed by atoms with Crippen LogP contribution in [0.1, 0.15) is 34.2 Å². The zero-order valence-electron chi connectivity index (χ0n) is 29.9. The second-order valence-electron chi connectivity index (χ2n) is 14.7. The van der Waals surface area contributed by atoms with E-state index >= 15 is 0 Å². The number of para-hydroxylation sites is 3. The zero-order chi connectivity index (χ0) is 36.5. The van der Waals surface area contributed by atoms with Crippen LogP contribution in [0.3, 0.4) is 0 Å². The maximum absolute atomic E-state index is 9.78. The number of nitrogens with zero attached hydrogens (tertiary/aromatic N) is 3. The van der Waals surface area contributed by atoms with Gasteiger partial charge in [0.25, 0.3) is 0 Å². The molecule has 4 heteroatoms. The Bertz CT molecular complexity index is 3020. The summed E-state index contributed by atoms with van der Waals surface area (Å²) in [5.41, 5.74) is 16.2. The summed E-state index contributed by atoms with van der Waals surface area (Å²) < 4.78 is 2.29. The Morgan fingerprint density at radius 1 is 0.691 bits per heavy atom. The Labute approximate surface area is 319 Å². The molecule has 3 aliphatic rings. The lowest BCUT2D eigenvalue weighted by Crippen LogP contribution is -2.31. The first-order valence-corrected chi connectivity index (χ1v) is 18.9. The van der Waals surface area contributed by atoms with Crippen molar-refractivity contribution in [2.75, 3.05) is 5.32 Å². The van der Waals surface area contributed by atoms with Crippen LogP contribution in [0, 0.1) is 17.2 Å². The molecule has 0 amide bonds. The third-order valence-corrected chi connectivity index (χ3v) is 11.7. The highest BCUT2D eigenvalue weighted by Crippen LogP contribution is 2.55. The van der Waals surface area contributed by atoms with Crippen molar-refractivity contribution in [2.24, 2.45) is 5.92 Å². The van der Waals surface area contributed by atoms with Crippen molar-refractivity contribution in [1.82, 2.24) is 9.55 Å². The van der Waals surface area contributed by atoms with E-state index in [-0.39, 0.29) is 17.9 Å². The van der Waals surface area contributed by atoms with Gasteiger partial charge >= 0.3 is 0 Å². The predicted octanol–water partition coefficient (Wildman–Crippen LogP) is 12.3. The van der Waals surface area contributed by atoms with Crippen molar-refractivity contribution in [1.29, 1.82) is 5.26 Å². The van der Waals surface area contributed by atoms with Gasteiger partial charge in [-0.05, 0) is 93.6 Å². The number of anilines is 1. The number of rotatable bonds is 4. The summed E-state index contributed by atoms with van der Waals surface area (Å²) in [6.45, 7) is 0. The molecule has 8 aromatic rings. The molecule has 1 N–H and O–H groups in total. The van der Waals surface area contributed by atoms with Gasteiger partial charge in [0, 0.05) is 51.1 Å². The van der Waals surface area contributed by atoms with Gasteiger partial charge in [-0.2, -0.15) is 5.26 Å². The number of hydrogen-bond donors (Lipinski definition) is 1. The molecule has 0 saturated carbocycles. The van der Waals surface area contributed by atoms with Crippen LogP contribution in [0.15, 0.2) is 193 Å². The van der Waals surface area contributed by atoms with E-state index in [0.717, 1.165) is 49.5 Å². The lowest BCUT2D eigenvalue weighted by Gasteiger charge is -2.43. The minimum absolute atomic E-state index is 0.0107. The topological polar surface area (TPSA) is 53.6 Å². The van der Waals surface area contributed by atoms with Crippen molar-refractivity contribution in [3.8, 4) is 22.9 Å². The van der Waals surface area contributed by atoms with Gasteiger partial charge in [-0.25, -0.2) is 0 Å². The van der Waals surface area contributed by atoms with E-state index < -0.39 is 0 Å². The van der Waals surface area contributed by atoms with E-state index in [9.17, 15) is 5.26 Å². The first-order chi connectivity index (χ1) is 27.2. The number of nitrogens with one attached hydrogen (secondary N) is 1. The summed E-state index contributed by atoms with van der Waals surface area (Å²) in [5, 5.41) is 17.1. The first kappa shape index (κ1) is 31.3. The van der Waals surface area contributed by atoms with E-state index in [4.69, 9.17) is 4.98 Å². The smallest absolute Gasteiger partial charge is 0.0991 e. The monoisotopic (exact) mass is 702 g/mol. The molecule has 0 saturated heterocycles. The summed E-state index contributed by atoms with van der Waals surface area (Å²) >= 11 is 0. The molecule has 0 radical (unpaired) electrons. The minimum atomic E-state index is -0.0107. The van der Waals surface area contributed by atoms with Gasteiger partial charge in [-0.15, -0.1) is 0 Å². The number of fused-ring (bicyclic) bond motifs is 9. The van der Waals surface area contributed by atoms with Gasteiger partial charge in [-0.3, -0.25) is 4.98 Å². The Hall–Kier alpha value is -7.22. The van der Waals surface area contributed by atoms with Crippen LogP contribution in [-0.2, 0) is 0 Å². The normalized spacial score (nSPS) is 18.4. The van der Waals surface area contributed by atoms with E-state index in [1.54, 1.807) is 0 Å². The Balaban J connectivity index is 1.04. The highest BCUT2D eigenvalue weighted by molar-refractivity contribution is 6.11. The molecular weight excluding hydrogens is 669 g/mol. The molecule has 3 heterocycles. The number of allylic oxidation sites excluding steroid dienone is 7. The van der Waals surface area contributed by atoms with Crippen molar-refractivity contribution in [2.45, 2.75) is 12.0 Å². The highest BCUT2D eigenvalue weighted by Gasteiger charge is 2.41. The third kappa shape index (κ3) is 4.94. The average Bonchev–Trinajstić information content (AvgIpc) is 3.58. The van der Waals surface area contributed by atoms with Gasteiger partial charge in [0.2, 0.25) is 0 Å². The van der Waals surface area contributed by atoms with Crippen LogP contribution < -0.4 is 5.32 Å². The third-order valence-electron chi connectivity index (χ3n) is 11.7. The quantitative estimate of drug-likeness (QED) is 0.199. The summed E-state index contributed by atoms with van der Waals surface area (Å²) in [4.78, 5) is 4.87. The lowest BCUT2D eigenvalue weighted by molar-refractivity contribution is 0.589. The van der Waals surface area contributed by atoms with Gasteiger partial charge < -0.3 is 9.88 Å². The van der Waals surface area contributed by atoms with E-state index in [2.05, 4.69) is 168 Å². The SMILES string of the molecule is N#Cc1ccc2c(c1)c1cc(-c3ccc(C4Nc5ccccc5C5C4=CC(c4cccc6cccnc46)=C4C=CC=CC45)cc3)ccc1n2-c1ccccc1. The second-order valence-corrected chi connectivity index (χ2v) is 14.7. The highest BCUT2D eigenvalue weighted by atomic mass is 15.0. The summed E-state index contributed by atoms with van der Waals surface area (Å²) in [6.07, 6.45) is 13.4. The molecule has 0 fully saturated rings. The Kier molecular flexibility index (Phi) is 7.08. The van der Waals surface area contributed by atoms with Gasteiger partial charge in [0.05, 0.1) is 34.2 Å². The number of nitriles is 1. The Morgan fingerprint density at radius 2 is 1.47 bits per heavy atom. The fraction of sp³-hybridized carbons (Fsp3) is 0.0588. The van der Waals surface area contributed by atoms with Crippen molar-refractivity contribution >= 4 is 44.0 Å². The molecule has 3 unspecified atom stereocenters. The molecule has 2 aliphatic carbocycles. The lowest BCUT2D eigenvalue weighted by atomic mass is 9.65. The molecule has 4 nitrogen and oxygen atoms in total. The number of benzene rings is 6. The first-order valence-electron chi connectivity index (χ1n) is 18.9. The average molecular weight is 703 g/mol. The Morgan fingerprint density at radius 3 is 2.35 bits per heavy atom. The predicted molar refractivity (Wildman–Crippen MR) is 225 cm³/mol. The molecule has 1 aliphatic heterocycles. The van der Waals surface area contributed by atoms with E-state index in [1.807, 2.05) is 30.5 Å². The van der Waals surface area contributed by atoms with Crippen LogP contribution in [0.2, 0.25) is 0 Å². The second kappa shape index (κ2) is 12.4. The molecular formula is C51H34N4. The molecule has 3 atom stereocenters. The fourth-order valence-electron chi connectivity index (χ4n) is 9.27. The number of aromatic nitrogens is 2. The molecule has 0 spiro atoms. The molecule has 2 aromatic heterocycles. The van der Waals surface area contributed by atoms with Crippen LogP contribution in [0.25, 0.3) is 55.1 Å². The molecule has 258 valence electrons. The maximum atomic E-state index is 9.78. The van der Waals surface area contributed by atoms with Crippen LogP contribution in [-0.4, -0.2) is 9.55 Å². The number of pyridine rings is 1. The minimum Gasteiger partial charge on any atom is -0.374 e. The maximum Gasteiger partial charge on any atom is 0.0991 e.